The van der Waals surface area contributed by atoms with Crippen LogP contribution in [0.1, 0.15) is 51.3 Å². The van der Waals surface area contributed by atoms with Crippen molar-refractivity contribution < 1.29 is 30.0 Å². The van der Waals surface area contributed by atoms with Gasteiger partial charge in [0.05, 0.1) is 11.3 Å². The number of pyridine rings is 1. The van der Waals surface area contributed by atoms with Crippen LogP contribution in [0.3, 0.4) is 0 Å². The number of carbonyl (C=O) groups is 1. The SMILES string of the molecule is CC(=O)/C=C(/C)O.Cc1[c-]c(-c2cc(C)c3ccccc3n2)cc(C(C)(C)C)c1.[Ir]. The summed E-state index contributed by atoms with van der Waals surface area (Å²) in [6.45, 7) is 13.8. The molecule has 3 rings (SSSR count). The molecule has 0 fully saturated rings. The van der Waals surface area contributed by atoms with Gasteiger partial charge in [0.2, 0.25) is 0 Å². The third kappa shape index (κ3) is 7.19. The number of aryl methyl sites for hydroxylation is 2. The summed E-state index contributed by atoms with van der Waals surface area (Å²) in [5, 5.41) is 9.58. The number of allylic oxidation sites excluding steroid dienone is 2. The van der Waals surface area contributed by atoms with Crippen LogP contribution in [0.2, 0.25) is 0 Å². The summed E-state index contributed by atoms with van der Waals surface area (Å²) in [5.74, 6) is -0.0625. The van der Waals surface area contributed by atoms with Crippen molar-refractivity contribution in [3.8, 4) is 11.3 Å². The molecule has 1 radical (unpaired) electrons. The second kappa shape index (κ2) is 10.7. The number of benzene rings is 2. The molecule has 161 valence electrons. The molecular weight excluding hydrogens is 551 g/mol. The first-order chi connectivity index (χ1) is 13.5. The maximum Gasteiger partial charge on any atom is 0.155 e. The van der Waals surface area contributed by atoms with Gasteiger partial charge in [-0.05, 0) is 43.5 Å². The number of carbonyl (C=O) groups excluding carboxylic acids is 1. The summed E-state index contributed by atoms with van der Waals surface area (Å²) in [7, 11) is 0. The van der Waals surface area contributed by atoms with E-state index in [1.165, 1.54) is 36.4 Å². The Kier molecular flexibility index (Phi) is 9.14. The molecule has 1 heterocycles. The van der Waals surface area contributed by atoms with Gasteiger partial charge in [0.1, 0.15) is 0 Å². The fourth-order valence-electron chi connectivity index (χ4n) is 3.07. The molecule has 0 unspecified atom stereocenters. The standard InChI is InChI=1S/C21H22N.C5H8O2.Ir/c1-14-10-16(13-17(11-14)21(3,4)5)20-12-15(2)18-8-6-7-9-19(18)22-20;1-4(6)3-5(2)7;/h6-9,11-13H,1-5H3;3,6H,1-2H3;/q-1;;/b;4-3-;. The molecule has 2 aromatic carbocycles. The van der Waals surface area contributed by atoms with Gasteiger partial charge < -0.3 is 5.11 Å². The van der Waals surface area contributed by atoms with Gasteiger partial charge in [-0.2, -0.15) is 0 Å². The topological polar surface area (TPSA) is 50.2 Å². The Labute approximate surface area is 193 Å². The van der Waals surface area contributed by atoms with Crippen LogP contribution >= 0.6 is 0 Å². The Morgan fingerprint density at radius 2 is 1.70 bits per heavy atom. The molecule has 3 nitrogen and oxygen atoms in total. The van der Waals surface area contributed by atoms with Crippen LogP contribution in [0.5, 0.6) is 0 Å². The molecular formula is C26H30IrNO2-. The first-order valence-corrected chi connectivity index (χ1v) is 9.76. The maximum absolute atomic E-state index is 10.0. The zero-order valence-corrected chi connectivity index (χ0v) is 21.1. The molecule has 30 heavy (non-hydrogen) atoms. The van der Waals surface area contributed by atoms with Crippen molar-refractivity contribution in [1.29, 1.82) is 0 Å². The summed E-state index contributed by atoms with van der Waals surface area (Å²) in [4.78, 5) is 14.9. The maximum atomic E-state index is 10.0. The van der Waals surface area contributed by atoms with Gasteiger partial charge in [-0.3, -0.25) is 9.78 Å². The molecule has 0 amide bonds. The molecule has 0 saturated carbocycles. The molecule has 0 aliphatic rings. The van der Waals surface area contributed by atoms with E-state index >= 15 is 0 Å². The largest absolute Gasteiger partial charge is 0.512 e. The number of rotatable bonds is 2. The first-order valence-electron chi connectivity index (χ1n) is 9.76. The van der Waals surface area contributed by atoms with Crippen LogP contribution in [0.4, 0.5) is 0 Å². The summed E-state index contributed by atoms with van der Waals surface area (Å²) in [6.07, 6.45) is 1.17. The number of aliphatic hydroxyl groups is 1. The van der Waals surface area contributed by atoms with Crippen molar-refractivity contribution in [3.63, 3.8) is 0 Å². The van der Waals surface area contributed by atoms with Crippen molar-refractivity contribution in [2.45, 2.75) is 53.9 Å². The number of aromatic nitrogens is 1. The molecule has 0 atom stereocenters. The minimum atomic E-state index is -0.125. The number of nitrogens with zero attached hydrogens (tertiary/aromatic N) is 1. The van der Waals surface area contributed by atoms with Gasteiger partial charge in [-0.25, -0.2) is 0 Å². The number of hydrogen-bond donors (Lipinski definition) is 1. The van der Waals surface area contributed by atoms with E-state index in [9.17, 15) is 4.79 Å². The zero-order valence-electron chi connectivity index (χ0n) is 18.8. The third-order valence-electron chi connectivity index (χ3n) is 4.48. The summed E-state index contributed by atoms with van der Waals surface area (Å²) >= 11 is 0. The zero-order chi connectivity index (χ0) is 21.8. The molecule has 0 aliphatic heterocycles. The number of para-hydroxylation sites is 1. The Bertz CT molecular complexity index is 1060. The number of aliphatic hydroxyl groups excluding tert-OH is 1. The van der Waals surface area contributed by atoms with E-state index in [4.69, 9.17) is 10.1 Å². The van der Waals surface area contributed by atoms with Crippen LogP contribution in [0.15, 0.2) is 54.3 Å². The quantitative estimate of drug-likeness (QED) is 0.210. The Morgan fingerprint density at radius 1 is 1.07 bits per heavy atom. The molecule has 4 heteroatoms. The van der Waals surface area contributed by atoms with E-state index in [0.29, 0.717) is 0 Å². The Balaban J connectivity index is 0.000000489. The predicted molar refractivity (Wildman–Crippen MR) is 121 cm³/mol. The van der Waals surface area contributed by atoms with E-state index in [-0.39, 0.29) is 37.1 Å². The second-order valence-electron chi connectivity index (χ2n) is 8.45. The summed E-state index contributed by atoms with van der Waals surface area (Å²) < 4.78 is 0. The second-order valence-corrected chi connectivity index (χ2v) is 8.45. The predicted octanol–water partition coefficient (Wildman–Crippen LogP) is 6.65. The van der Waals surface area contributed by atoms with Gasteiger partial charge >= 0.3 is 0 Å². The first kappa shape index (κ1) is 25.7. The van der Waals surface area contributed by atoms with Gasteiger partial charge in [0.15, 0.2) is 5.78 Å². The molecule has 0 saturated heterocycles. The Morgan fingerprint density at radius 3 is 2.23 bits per heavy atom. The molecule has 1 aromatic heterocycles. The fraction of sp³-hybridized carbons (Fsp3) is 0.308. The number of fused-ring (bicyclic) bond motifs is 1. The van der Waals surface area contributed by atoms with E-state index in [1.807, 2.05) is 6.07 Å². The van der Waals surface area contributed by atoms with Crippen LogP contribution in [-0.4, -0.2) is 15.9 Å². The number of hydrogen-bond acceptors (Lipinski definition) is 3. The van der Waals surface area contributed by atoms with E-state index in [2.05, 4.69) is 77.1 Å². The van der Waals surface area contributed by atoms with Crippen molar-refractivity contribution in [2.75, 3.05) is 0 Å². The van der Waals surface area contributed by atoms with Crippen molar-refractivity contribution in [3.05, 3.63) is 77.1 Å². The van der Waals surface area contributed by atoms with Crippen LogP contribution in [-0.2, 0) is 30.3 Å². The monoisotopic (exact) mass is 581 g/mol. The van der Waals surface area contributed by atoms with Gasteiger partial charge in [0, 0.05) is 31.6 Å². The van der Waals surface area contributed by atoms with Crippen LogP contribution < -0.4 is 0 Å². The van der Waals surface area contributed by atoms with Crippen molar-refractivity contribution in [2.24, 2.45) is 0 Å². The van der Waals surface area contributed by atoms with Crippen molar-refractivity contribution in [1.82, 2.24) is 4.98 Å². The number of ketones is 1. The fourth-order valence-corrected chi connectivity index (χ4v) is 3.07. The Hall–Kier alpha value is -2.29. The van der Waals surface area contributed by atoms with Crippen molar-refractivity contribution >= 4 is 16.7 Å². The molecule has 0 spiro atoms. The third-order valence-corrected chi connectivity index (χ3v) is 4.48. The molecule has 3 aromatic rings. The van der Waals surface area contributed by atoms with E-state index in [1.54, 1.807) is 0 Å². The van der Waals surface area contributed by atoms with Gasteiger partial charge in [-0.1, -0.05) is 52.0 Å². The van der Waals surface area contributed by atoms with E-state index in [0.717, 1.165) is 22.3 Å². The van der Waals surface area contributed by atoms with Gasteiger partial charge in [-0.15, -0.1) is 34.9 Å². The molecule has 0 aliphatic carbocycles. The average molecular weight is 581 g/mol. The van der Waals surface area contributed by atoms with Crippen LogP contribution in [0, 0.1) is 19.9 Å². The smallest absolute Gasteiger partial charge is 0.155 e. The minimum Gasteiger partial charge on any atom is -0.512 e. The average Bonchev–Trinajstić information content (AvgIpc) is 2.60. The molecule has 1 N–H and O–H groups in total. The summed E-state index contributed by atoms with van der Waals surface area (Å²) in [6, 6.07) is 18.4. The summed E-state index contributed by atoms with van der Waals surface area (Å²) in [5.41, 5.74) is 7.00. The van der Waals surface area contributed by atoms with E-state index < -0.39 is 0 Å². The van der Waals surface area contributed by atoms with Gasteiger partial charge in [0.25, 0.3) is 0 Å². The normalized spacial score (nSPS) is 11.4. The minimum absolute atomic E-state index is 0. The van der Waals surface area contributed by atoms with Crippen LogP contribution in [0.25, 0.3) is 22.2 Å². The molecule has 0 bridgehead atoms.